The molecular formula is C29H29ClF3N3O5. The van der Waals surface area contributed by atoms with Gasteiger partial charge in [0.25, 0.3) is 0 Å². The van der Waals surface area contributed by atoms with Gasteiger partial charge in [0.05, 0.1) is 22.9 Å². The van der Waals surface area contributed by atoms with Crippen LogP contribution in [0, 0.1) is 13.8 Å². The van der Waals surface area contributed by atoms with Crippen molar-refractivity contribution < 1.29 is 31.8 Å². The van der Waals surface area contributed by atoms with Crippen molar-refractivity contribution in [3.63, 3.8) is 0 Å². The number of benzene rings is 2. The number of alkyl halides is 3. The highest BCUT2D eigenvalue weighted by Gasteiger charge is 2.31. The molecule has 0 aliphatic carbocycles. The first-order valence-electron chi connectivity index (χ1n) is 12.9. The van der Waals surface area contributed by atoms with Gasteiger partial charge in [-0.15, -0.1) is 13.2 Å². The van der Waals surface area contributed by atoms with E-state index in [9.17, 15) is 18.0 Å². The average Bonchev–Trinajstić information content (AvgIpc) is 3.15. The molecular weight excluding hydrogens is 563 g/mol. The van der Waals surface area contributed by atoms with Crippen molar-refractivity contribution in [2.24, 2.45) is 12.0 Å². The van der Waals surface area contributed by atoms with Gasteiger partial charge in [-0.3, -0.25) is 4.99 Å². The average molecular weight is 592 g/mol. The molecule has 0 spiro atoms. The summed E-state index contributed by atoms with van der Waals surface area (Å²) in [5.41, 5.74) is 2.22. The second-order valence-electron chi connectivity index (χ2n) is 9.37. The molecule has 0 N–H and O–H groups in total. The van der Waals surface area contributed by atoms with Crippen LogP contribution in [-0.2, 0) is 7.05 Å². The predicted octanol–water partition coefficient (Wildman–Crippen LogP) is 7.55. The lowest BCUT2D eigenvalue weighted by Crippen LogP contribution is -2.16. The minimum Gasteiger partial charge on any atom is -0.492 e. The van der Waals surface area contributed by atoms with Crippen LogP contribution in [-0.4, -0.2) is 35.5 Å². The smallest absolute Gasteiger partial charge is 0.492 e. The second-order valence-corrected chi connectivity index (χ2v) is 9.78. The number of fused-ring (bicyclic) bond motifs is 1. The Kier molecular flexibility index (Phi) is 9.59. The van der Waals surface area contributed by atoms with E-state index >= 15 is 0 Å². The van der Waals surface area contributed by atoms with Crippen LogP contribution in [0.25, 0.3) is 11.0 Å². The van der Waals surface area contributed by atoms with Crippen LogP contribution in [0.1, 0.15) is 42.5 Å². The molecule has 0 saturated carbocycles. The zero-order valence-electron chi connectivity index (χ0n) is 22.8. The van der Waals surface area contributed by atoms with Crippen LogP contribution in [0.15, 0.2) is 56.7 Å². The zero-order chi connectivity index (χ0) is 29.6. The Morgan fingerprint density at radius 1 is 1.05 bits per heavy atom. The van der Waals surface area contributed by atoms with Gasteiger partial charge in [0.1, 0.15) is 22.8 Å². The number of hydrogen-bond donors (Lipinski definition) is 0. The minimum atomic E-state index is -4.76. The molecule has 0 bridgehead atoms. The molecule has 4 aromatic rings. The fourth-order valence-corrected chi connectivity index (χ4v) is 4.39. The third-order valence-corrected chi connectivity index (χ3v) is 6.44. The van der Waals surface area contributed by atoms with Gasteiger partial charge in [0, 0.05) is 37.3 Å². The first-order chi connectivity index (χ1) is 19.5. The van der Waals surface area contributed by atoms with Crippen molar-refractivity contribution in [3.05, 3.63) is 74.7 Å². The third-order valence-electron chi connectivity index (χ3n) is 6.15. The maximum Gasteiger partial charge on any atom is 0.573 e. The molecule has 2 aromatic heterocycles. The highest BCUT2D eigenvalue weighted by Crippen LogP contribution is 2.32. The summed E-state index contributed by atoms with van der Waals surface area (Å²) in [6.07, 6.45) is 0.511. The van der Waals surface area contributed by atoms with E-state index in [1.54, 1.807) is 30.1 Å². The number of rotatable bonds is 12. The van der Waals surface area contributed by atoms with Gasteiger partial charge in [-0.1, -0.05) is 18.0 Å². The Labute approximate surface area is 239 Å². The second kappa shape index (κ2) is 13.1. The van der Waals surface area contributed by atoms with Crippen LogP contribution in [0.3, 0.4) is 0 Å². The van der Waals surface area contributed by atoms with E-state index in [2.05, 4.69) is 14.8 Å². The van der Waals surface area contributed by atoms with Crippen molar-refractivity contribution in [2.75, 3.05) is 13.2 Å². The Hall–Kier alpha value is -3.99. The first-order valence-corrected chi connectivity index (χ1v) is 13.3. The molecule has 4 rings (SSSR count). The number of nitrogens with zero attached hydrogens (tertiary/aromatic N) is 3. The van der Waals surface area contributed by atoms with Gasteiger partial charge in [-0.2, -0.15) is 5.10 Å². The van der Waals surface area contributed by atoms with Crippen molar-refractivity contribution >= 4 is 28.8 Å². The maximum absolute atomic E-state index is 12.4. The van der Waals surface area contributed by atoms with Gasteiger partial charge in [0.15, 0.2) is 0 Å². The van der Waals surface area contributed by atoms with E-state index in [0.29, 0.717) is 52.4 Å². The molecule has 2 heterocycles. The summed E-state index contributed by atoms with van der Waals surface area (Å²) in [4.78, 5) is 16.2. The maximum atomic E-state index is 12.4. The highest BCUT2D eigenvalue weighted by molar-refractivity contribution is 6.32. The molecule has 0 amide bonds. The monoisotopic (exact) mass is 591 g/mol. The van der Waals surface area contributed by atoms with Gasteiger partial charge in [0.2, 0.25) is 5.88 Å². The summed E-state index contributed by atoms with van der Waals surface area (Å²) in [6, 6.07) is 9.96. The van der Waals surface area contributed by atoms with Crippen molar-refractivity contribution in [1.82, 2.24) is 9.78 Å². The lowest BCUT2D eigenvalue weighted by molar-refractivity contribution is -0.274. The van der Waals surface area contributed by atoms with Gasteiger partial charge in [-0.05, 0) is 69.0 Å². The van der Waals surface area contributed by atoms with Crippen molar-refractivity contribution in [2.45, 2.75) is 45.9 Å². The number of halogens is 4. The SMILES string of the molecule is Cc1nn(C)c(Oc2ccc(OC(F)(F)F)cc2)c1C=NCCCCCCOc1cc2oc(=O)cc(C)c2cc1Cl. The van der Waals surface area contributed by atoms with E-state index in [4.69, 9.17) is 25.5 Å². The van der Waals surface area contributed by atoms with Crippen molar-refractivity contribution in [3.8, 4) is 23.1 Å². The van der Waals surface area contributed by atoms with Gasteiger partial charge < -0.3 is 18.6 Å². The standard InChI is InChI=1S/C29H29ClF3N3O5/c1-18-14-27(37)40-25-16-26(24(30)15-22(18)25)38-13-7-5-4-6-12-34-17-23-19(2)35-36(3)28(23)39-20-8-10-21(11-9-20)41-29(31,32)33/h8-11,14-17H,4-7,12-13H2,1-3H3. The predicted molar refractivity (Wildman–Crippen MR) is 150 cm³/mol. The van der Waals surface area contributed by atoms with Crippen LogP contribution >= 0.6 is 11.6 Å². The van der Waals surface area contributed by atoms with E-state index in [0.717, 1.165) is 36.6 Å². The molecule has 218 valence electrons. The first kappa shape index (κ1) is 30.0. The summed E-state index contributed by atoms with van der Waals surface area (Å²) in [6.45, 7) is 4.73. The quantitative estimate of drug-likeness (QED) is 0.0960. The normalized spacial score (nSPS) is 11.9. The van der Waals surface area contributed by atoms with Crippen molar-refractivity contribution in [1.29, 1.82) is 0 Å². The lowest BCUT2D eigenvalue weighted by atomic mass is 10.1. The summed E-state index contributed by atoms with van der Waals surface area (Å²) in [7, 11) is 1.71. The number of hydrogen-bond acceptors (Lipinski definition) is 7. The molecule has 0 radical (unpaired) electrons. The summed E-state index contributed by atoms with van der Waals surface area (Å²) >= 11 is 6.34. The summed E-state index contributed by atoms with van der Waals surface area (Å²) in [5.74, 6) is 0.911. The minimum absolute atomic E-state index is 0.332. The molecule has 12 heteroatoms. The zero-order valence-corrected chi connectivity index (χ0v) is 23.5. The Bertz CT molecular complexity index is 1580. The molecule has 2 aromatic carbocycles. The molecule has 0 unspecified atom stereocenters. The van der Waals surface area contributed by atoms with E-state index in [-0.39, 0.29) is 5.75 Å². The Morgan fingerprint density at radius 3 is 2.49 bits per heavy atom. The number of unbranched alkanes of at least 4 members (excludes halogenated alkanes) is 3. The molecule has 0 aliphatic rings. The lowest BCUT2D eigenvalue weighted by Gasteiger charge is -2.10. The number of aliphatic imine (C=N–C) groups is 1. The van der Waals surface area contributed by atoms with E-state index in [1.807, 2.05) is 13.8 Å². The fraction of sp³-hybridized carbons (Fsp3) is 0.345. The van der Waals surface area contributed by atoms with Gasteiger partial charge in [-0.25, -0.2) is 9.48 Å². The van der Waals surface area contributed by atoms with Crippen LogP contribution < -0.4 is 19.8 Å². The molecule has 0 saturated heterocycles. The third kappa shape index (κ3) is 8.26. The van der Waals surface area contributed by atoms with Gasteiger partial charge >= 0.3 is 12.0 Å². The Balaban J connectivity index is 1.22. The van der Waals surface area contributed by atoms with Crippen LogP contribution in [0.4, 0.5) is 13.2 Å². The number of ether oxygens (including phenoxy) is 3. The molecule has 0 aliphatic heterocycles. The molecule has 41 heavy (non-hydrogen) atoms. The van der Waals surface area contributed by atoms with E-state index in [1.165, 1.54) is 30.3 Å². The molecule has 0 fully saturated rings. The van der Waals surface area contributed by atoms with Crippen LogP contribution in [0.2, 0.25) is 5.02 Å². The number of aryl methyl sites for hydroxylation is 3. The highest BCUT2D eigenvalue weighted by atomic mass is 35.5. The summed E-state index contributed by atoms with van der Waals surface area (Å²) < 4.78 is 59.6. The largest absolute Gasteiger partial charge is 0.573 e. The molecule has 0 atom stereocenters. The topological polar surface area (TPSA) is 88.1 Å². The summed E-state index contributed by atoms with van der Waals surface area (Å²) in [5, 5.41) is 5.60. The number of aromatic nitrogens is 2. The fourth-order valence-electron chi connectivity index (χ4n) is 4.17. The Morgan fingerprint density at radius 2 is 1.76 bits per heavy atom. The molecule has 8 nitrogen and oxygen atoms in total. The van der Waals surface area contributed by atoms with Crippen LogP contribution in [0.5, 0.6) is 23.1 Å². The van der Waals surface area contributed by atoms with E-state index < -0.39 is 12.0 Å².